The lowest BCUT2D eigenvalue weighted by atomic mass is 10.1. The summed E-state index contributed by atoms with van der Waals surface area (Å²) in [7, 11) is 5.90. The van der Waals surface area contributed by atoms with E-state index in [4.69, 9.17) is 28.1 Å². The second-order valence-corrected chi connectivity index (χ2v) is 7.81. The molecule has 0 unspecified atom stereocenters. The average Bonchev–Trinajstić information content (AvgIpc) is 2.93. The highest BCUT2D eigenvalue weighted by Crippen LogP contribution is 2.39. The largest absolute Gasteiger partial charge is 0.497 e. The number of methoxy groups -OCH3 is 4. The Hall–Kier alpha value is -4.46. The van der Waals surface area contributed by atoms with Gasteiger partial charge < -0.3 is 28.1 Å². The summed E-state index contributed by atoms with van der Waals surface area (Å²) >= 11 is 0. The molecule has 0 atom stereocenters. The molecule has 8 nitrogen and oxygen atoms in total. The van der Waals surface area contributed by atoms with Crippen LogP contribution < -0.4 is 29.1 Å². The molecule has 4 rings (SSSR count). The number of hydrogen-bond donors (Lipinski definition) is 0. The number of esters is 1. The number of benzene rings is 3. The molecule has 186 valence electrons. The van der Waals surface area contributed by atoms with Crippen LogP contribution in [0.5, 0.6) is 28.7 Å². The van der Waals surface area contributed by atoms with E-state index >= 15 is 0 Å². The van der Waals surface area contributed by atoms with Crippen LogP contribution in [0.3, 0.4) is 0 Å². The molecule has 8 heteroatoms. The van der Waals surface area contributed by atoms with Crippen LogP contribution in [0.25, 0.3) is 22.3 Å². The van der Waals surface area contributed by atoms with Crippen LogP contribution in [0.4, 0.5) is 0 Å². The van der Waals surface area contributed by atoms with Gasteiger partial charge in [0.2, 0.25) is 16.9 Å². The fraction of sp³-hybridized carbons (Fsp3) is 0.214. The summed E-state index contributed by atoms with van der Waals surface area (Å²) in [5.74, 6) is 0.620. The Balaban J connectivity index is 1.88. The van der Waals surface area contributed by atoms with E-state index < -0.39 is 11.4 Å². The Morgan fingerprint density at radius 3 is 2.03 bits per heavy atom. The highest BCUT2D eigenvalue weighted by atomic mass is 16.5. The second-order valence-electron chi connectivity index (χ2n) is 7.81. The predicted molar refractivity (Wildman–Crippen MR) is 135 cm³/mol. The number of rotatable bonds is 8. The van der Waals surface area contributed by atoms with Gasteiger partial charge in [0.1, 0.15) is 11.3 Å². The number of ether oxygens (including phenoxy) is 5. The van der Waals surface area contributed by atoms with Gasteiger partial charge in [0.25, 0.3) is 0 Å². The summed E-state index contributed by atoms with van der Waals surface area (Å²) in [6.07, 6.45) is 0.732. The van der Waals surface area contributed by atoms with Crippen LogP contribution in [0, 0.1) is 0 Å². The fourth-order valence-corrected chi connectivity index (χ4v) is 3.82. The molecule has 0 radical (unpaired) electrons. The first-order valence-electron chi connectivity index (χ1n) is 11.2. The average molecular weight is 491 g/mol. The summed E-state index contributed by atoms with van der Waals surface area (Å²) in [5.41, 5.74) is 1.52. The third-order valence-corrected chi connectivity index (χ3v) is 5.77. The smallest absolute Gasteiger partial charge is 0.344 e. The number of fused-ring (bicyclic) bond motifs is 1. The molecule has 0 saturated heterocycles. The SMILES string of the molecule is CCc1ccc2oc(-c3ccc(OC)cc3)c(OC(=O)c3cc(OC)c(OC)c(OC)c3)c(=O)c2c1. The zero-order chi connectivity index (χ0) is 25.8. The molecule has 0 aliphatic rings. The van der Waals surface area contributed by atoms with Gasteiger partial charge in [0.05, 0.1) is 39.4 Å². The first-order chi connectivity index (χ1) is 17.4. The normalized spacial score (nSPS) is 10.7. The maximum absolute atomic E-state index is 13.6. The van der Waals surface area contributed by atoms with Crippen LogP contribution in [-0.4, -0.2) is 34.4 Å². The van der Waals surface area contributed by atoms with E-state index in [1.54, 1.807) is 43.5 Å². The lowest BCUT2D eigenvalue weighted by molar-refractivity contribution is 0.0730. The van der Waals surface area contributed by atoms with E-state index in [1.807, 2.05) is 13.0 Å². The van der Waals surface area contributed by atoms with Gasteiger partial charge in [-0.05, 0) is 60.5 Å². The van der Waals surface area contributed by atoms with Gasteiger partial charge >= 0.3 is 5.97 Å². The molecular weight excluding hydrogens is 464 g/mol. The molecule has 0 saturated carbocycles. The van der Waals surface area contributed by atoms with Crippen molar-refractivity contribution in [1.82, 2.24) is 0 Å². The quantitative estimate of drug-likeness (QED) is 0.308. The Kier molecular flexibility index (Phi) is 7.15. The van der Waals surface area contributed by atoms with Crippen molar-refractivity contribution >= 4 is 16.9 Å². The summed E-state index contributed by atoms with van der Waals surface area (Å²) in [5, 5.41) is 0.319. The van der Waals surface area contributed by atoms with Crippen LogP contribution >= 0.6 is 0 Å². The molecule has 1 heterocycles. The number of carbonyl (C=O) groups excluding carboxylic acids is 1. The van der Waals surface area contributed by atoms with Crippen molar-refractivity contribution in [2.24, 2.45) is 0 Å². The summed E-state index contributed by atoms with van der Waals surface area (Å²) in [6.45, 7) is 1.99. The number of hydrogen-bond acceptors (Lipinski definition) is 8. The van der Waals surface area contributed by atoms with Crippen LogP contribution in [-0.2, 0) is 6.42 Å². The van der Waals surface area contributed by atoms with Crippen molar-refractivity contribution in [1.29, 1.82) is 0 Å². The van der Waals surface area contributed by atoms with Gasteiger partial charge in [-0.2, -0.15) is 0 Å². The van der Waals surface area contributed by atoms with Gasteiger partial charge in [0.15, 0.2) is 17.3 Å². The minimum atomic E-state index is -0.790. The summed E-state index contributed by atoms with van der Waals surface area (Å²) < 4.78 is 33.0. The van der Waals surface area contributed by atoms with Gasteiger partial charge in [0, 0.05) is 5.56 Å². The van der Waals surface area contributed by atoms with E-state index in [0.717, 1.165) is 12.0 Å². The fourth-order valence-electron chi connectivity index (χ4n) is 3.82. The minimum absolute atomic E-state index is 0.104. The Labute approximate surface area is 207 Å². The van der Waals surface area contributed by atoms with Crippen LogP contribution in [0.1, 0.15) is 22.8 Å². The topological polar surface area (TPSA) is 93.4 Å². The molecule has 0 N–H and O–H groups in total. The van der Waals surface area contributed by atoms with Crippen molar-refractivity contribution in [2.45, 2.75) is 13.3 Å². The van der Waals surface area contributed by atoms with E-state index in [1.165, 1.54) is 33.5 Å². The molecule has 3 aromatic carbocycles. The van der Waals surface area contributed by atoms with Gasteiger partial charge in [-0.3, -0.25) is 4.79 Å². The molecule has 0 aliphatic carbocycles. The molecule has 0 amide bonds. The molecule has 0 spiro atoms. The molecule has 4 aromatic rings. The van der Waals surface area contributed by atoms with E-state index in [0.29, 0.717) is 28.0 Å². The zero-order valence-corrected chi connectivity index (χ0v) is 20.7. The Morgan fingerprint density at radius 2 is 1.47 bits per heavy atom. The predicted octanol–water partition coefficient (Wildman–Crippen LogP) is 5.28. The molecule has 0 aliphatic heterocycles. The third-order valence-electron chi connectivity index (χ3n) is 5.77. The van der Waals surface area contributed by atoms with Gasteiger partial charge in [-0.1, -0.05) is 13.0 Å². The van der Waals surface area contributed by atoms with Crippen molar-refractivity contribution in [3.8, 4) is 40.1 Å². The highest BCUT2D eigenvalue weighted by Gasteiger charge is 2.24. The maximum Gasteiger partial charge on any atom is 0.344 e. The van der Waals surface area contributed by atoms with E-state index in [9.17, 15) is 9.59 Å². The van der Waals surface area contributed by atoms with E-state index in [2.05, 4.69) is 0 Å². The standard InChI is InChI=1S/C28H26O8/c1-6-16-7-12-21-20(13-16)24(29)27(25(35-21)17-8-10-19(31-2)11-9-17)36-28(30)18-14-22(32-3)26(34-5)23(15-18)33-4/h7-15H,6H2,1-5H3. The molecular formula is C28H26O8. The van der Waals surface area contributed by atoms with Gasteiger partial charge in [-0.15, -0.1) is 0 Å². The molecule has 0 bridgehead atoms. The van der Waals surface area contributed by atoms with Crippen molar-refractivity contribution in [3.63, 3.8) is 0 Å². The highest BCUT2D eigenvalue weighted by molar-refractivity contribution is 5.94. The summed E-state index contributed by atoms with van der Waals surface area (Å²) in [4.78, 5) is 26.9. The zero-order valence-electron chi connectivity index (χ0n) is 20.7. The monoisotopic (exact) mass is 490 g/mol. The number of aryl methyl sites for hydroxylation is 1. The third kappa shape index (κ3) is 4.57. The second kappa shape index (κ2) is 10.4. The first-order valence-corrected chi connectivity index (χ1v) is 11.2. The van der Waals surface area contributed by atoms with Crippen molar-refractivity contribution in [3.05, 3.63) is 75.9 Å². The lowest BCUT2D eigenvalue weighted by Gasteiger charge is -2.14. The molecule has 0 fully saturated rings. The Bertz CT molecular complexity index is 1440. The minimum Gasteiger partial charge on any atom is -0.497 e. The number of carbonyl (C=O) groups is 1. The molecule has 1 aromatic heterocycles. The molecule has 36 heavy (non-hydrogen) atoms. The van der Waals surface area contributed by atoms with Gasteiger partial charge in [-0.25, -0.2) is 4.79 Å². The van der Waals surface area contributed by atoms with Crippen LogP contribution in [0.15, 0.2) is 63.8 Å². The maximum atomic E-state index is 13.6. The van der Waals surface area contributed by atoms with Crippen LogP contribution in [0.2, 0.25) is 0 Å². The summed E-state index contributed by atoms with van der Waals surface area (Å²) in [6, 6.07) is 15.2. The lowest BCUT2D eigenvalue weighted by Crippen LogP contribution is -2.17. The van der Waals surface area contributed by atoms with Crippen molar-refractivity contribution < 1.29 is 32.9 Å². The Morgan fingerprint density at radius 1 is 0.806 bits per heavy atom. The van der Waals surface area contributed by atoms with E-state index in [-0.39, 0.29) is 28.6 Å². The van der Waals surface area contributed by atoms with Crippen molar-refractivity contribution in [2.75, 3.05) is 28.4 Å². The first kappa shape index (κ1) is 24.7.